The number of nitrogens with two attached hydrogens (primary N) is 1. The van der Waals surface area contributed by atoms with E-state index in [0.717, 1.165) is 11.3 Å². The Morgan fingerprint density at radius 3 is 2.30 bits per heavy atom. The van der Waals surface area contributed by atoms with E-state index in [1.165, 1.54) is 5.01 Å². The third-order valence-corrected chi connectivity index (χ3v) is 4.77. The van der Waals surface area contributed by atoms with Gasteiger partial charge in [0.1, 0.15) is 11.8 Å². The Morgan fingerprint density at radius 1 is 1.11 bits per heavy atom. The molecule has 140 valence electrons. The number of nitrogens with zero attached hydrogens (tertiary/aromatic N) is 2. The molecule has 3 N–H and O–H groups in total. The van der Waals surface area contributed by atoms with Crippen molar-refractivity contribution in [2.75, 3.05) is 11.6 Å². The van der Waals surface area contributed by atoms with Crippen molar-refractivity contribution in [1.29, 1.82) is 0 Å². The molecule has 0 fully saturated rings. The first-order chi connectivity index (χ1) is 12.9. The number of anilines is 1. The summed E-state index contributed by atoms with van der Waals surface area (Å²) in [4.78, 5) is 24.5. The van der Waals surface area contributed by atoms with Crippen LogP contribution in [0.3, 0.4) is 0 Å². The van der Waals surface area contributed by atoms with E-state index in [9.17, 15) is 9.59 Å². The molecule has 2 aromatic carbocycles. The molecule has 1 aliphatic rings. The largest absolute Gasteiger partial charge is 0.368 e. The second-order valence-electron chi connectivity index (χ2n) is 7.28. The van der Waals surface area contributed by atoms with Crippen LogP contribution >= 0.6 is 0 Å². The lowest BCUT2D eigenvalue weighted by Crippen LogP contribution is -2.41. The van der Waals surface area contributed by atoms with Crippen LogP contribution in [-0.2, 0) is 15.0 Å². The summed E-state index contributed by atoms with van der Waals surface area (Å²) in [6.07, 6.45) is 0.196. The number of rotatable bonds is 6. The minimum absolute atomic E-state index is 0.196. The number of primary amides is 1. The quantitative estimate of drug-likeness (QED) is 0.824. The zero-order valence-corrected chi connectivity index (χ0v) is 15.6. The van der Waals surface area contributed by atoms with Crippen LogP contribution in [0.25, 0.3) is 0 Å². The number of hydrogen-bond donors (Lipinski definition) is 2. The smallest absolute Gasteiger partial charge is 0.267 e. The molecule has 0 saturated carbocycles. The Balaban J connectivity index is 1.72. The Kier molecular flexibility index (Phi) is 5.26. The summed E-state index contributed by atoms with van der Waals surface area (Å²) in [6, 6.07) is 18.6. The van der Waals surface area contributed by atoms with Gasteiger partial charge in [0.05, 0.1) is 5.69 Å². The Morgan fingerprint density at radius 2 is 1.70 bits per heavy atom. The van der Waals surface area contributed by atoms with Crippen molar-refractivity contribution in [3.05, 3.63) is 66.2 Å². The van der Waals surface area contributed by atoms with Crippen molar-refractivity contribution in [3.8, 4) is 0 Å². The average Bonchev–Trinajstić information content (AvgIpc) is 3.13. The molecule has 0 saturated heterocycles. The van der Waals surface area contributed by atoms with Gasteiger partial charge in [-0.05, 0) is 17.7 Å². The standard InChI is InChI=1S/C21H24N4O2/c1-21(2,15-9-5-3-6-10-15)14-23-20(27)17-13-18(19(22)26)25(24-17)16-11-7-4-8-12-16/h3-12,18H,13-14H2,1-2H3,(H2,22,26)(H,23,27). The molecule has 0 radical (unpaired) electrons. The molecular formula is C21H24N4O2. The van der Waals surface area contributed by atoms with Gasteiger partial charge in [-0.2, -0.15) is 5.10 Å². The van der Waals surface area contributed by atoms with Gasteiger partial charge in [-0.3, -0.25) is 14.6 Å². The monoisotopic (exact) mass is 364 g/mol. The fourth-order valence-electron chi connectivity index (χ4n) is 3.08. The van der Waals surface area contributed by atoms with Crippen LogP contribution in [0, 0.1) is 0 Å². The van der Waals surface area contributed by atoms with Crippen LogP contribution in [0.2, 0.25) is 0 Å². The van der Waals surface area contributed by atoms with Gasteiger partial charge in [-0.25, -0.2) is 0 Å². The topological polar surface area (TPSA) is 87.8 Å². The normalized spacial score (nSPS) is 16.7. The lowest BCUT2D eigenvalue weighted by atomic mass is 9.84. The minimum Gasteiger partial charge on any atom is -0.368 e. The molecule has 1 atom stereocenters. The minimum atomic E-state index is -0.657. The number of hydrogen-bond acceptors (Lipinski definition) is 4. The third kappa shape index (κ3) is 4.16. The maximum absolute atomic E-state index is 12.6. The van der Waals surface area contributed by atoms with E-state index >= 15 is 0 Å². The van der Waals surface area contributed by atoms with Crippen molar-refractivity contribution in [3.63, 3.8) is 0 Å². The Hall–Kier alpha value is -3.15. The number of amides is 2. The van der Waals surface area contributed by atoms with Crippen molar-refractivity contribution < 1.29 is 9.59 Å². The van der Waals surface area contributed by atoms with Gasteiger partial charge in [0, 0.05) is 18.4 Å². The fourth-order valence-corrected chi connectivity index (χ4v) is 3.08. The van der Waals surface area contributed by atoms with Crippen molar-refractivity contribution in [1.82, 2.24) is 5.32 Å². The van der Waals surface area contributed by atoms with E-state index in [1.807, 2.05) is 60.7 Å². The predicted octanol–water partition coefficient (Wildman–Crippen LogP) is 2.20. The zero-order valence-electron chi connectivity index (χ0n) is 15.6. The van der Waals surface area contributed by atoms with Gasteiger partial charge in [-0.15, -0.1) is 0 Å². The van der Waals surface area contributed by atoms with Crippen molar-refractivity contribution >= 4 is 23.2 Å². The first-order valence-corrected chi connectivity index (χ1v) is 8.93. The van der Waals surface area contributed by atoms with Crippen LogP contribution < -0.4 is 16.1 Å². The number of benzene rings is 2. The van der Waals surface area contributed by atoms with Crippen LogP contribution in [0.1, 0.15) is 25.8 Å². The van der Waals surface area contributed by atoms with Gasteiger partial charge in [0.15, 0.2) is 0 Å². The molecule has 2 amide bonds. The highest BCUT2D eigenvalue weighted by Crippen LogP contribution is 2.25. The van der Waals surface area contributed by atoms with Crippen molar-refractivity contribution in [2.24, 2.45) is 10.8 Å². The van der Waals surface area contributed by atoms with E-state index in [1.54, 1.807) is 0 Å². The number of para-hydroxylation sites is 1. The van der Waals surface area contributed by atoms with Crippen LogP contribution in [0.4, 0.5) is 5.69 Å². The summed E-state index contributed by atoms with van der Waals surface area (Å²) in [5.74, 6) is -0.779. The Labute approximate surface area is 159 Å². The van der Waals surface area contributed by atoms with E-state index < -0.39 is 11.9 Å². The SMILES string of the molecule is CC(C)(CNC(=O)C1=NN(c2ccccc2)C(C(N)=O)C1)c1ccccc1. The van der Waals surface area contributed by atoms with E-state index in [2.05, 4.69) is 24.3 Å². The highest BCUT2D eigenvalue weighted by Gasteiger charge is 2.35. The molecule has 1 unspecified atom stereocenters. The molecule has 3 rings (SSSR count). The Bertz CT molecular complexity index is 847. The van der Waals surface area contributed by atoms with Crippen LogP contribution in [0.15, 0.2) is 65.8 Å². The summed E-state index contributed by atoms with van der Waals surface area (Å²) in [5, 5.41) is 8.85. The van der Waals surface area contributed by atoms with Gasteiger partial charge < -0.3 is 11.1 Å². The molecule has 27 heavy (non-hydrogen) atoms. The molecule has 2 aromatic rings. The van der Waals surface area contributed by atoms with Gasteiger partial charge >= 0.3 is 0 Å². The molecule has 6 nitrogen and oxygen atoms in total. The van der Waals surface area contributed by atoms with Crippen LogP contribution in [-0.4, -0.2) is 30.1 Å². The zero-order chi connectivity index (χ0) is 19.4. The lowest BCUT2D eigenvalue weighted by molar-refractivity contribution is -0.119. The number of hydrazone groups is 1. The summed E-state index contributed by atoms with van der Waals surface area (Å²) < 4.78 is 0. The summed E-state index contributed by atoms with van der Waals surface area (Å²) >= 11 is 0. The average molecular weight is 364 g/mol. The van der Waals surface area contributed by atoms with Gasteiger partial charge in [0.2, 0.25) is 5.91 Å². The third-order valence-electron chi connectivity index (χ3n) is 4.77. The summed E-state index contributed by atoms with van der Waals surface area (Å²) in [6.45, 7) is 4.60. The van der Waals surface area contributed by atoms with E-state index in [0.29, 0.717) is 12.3 Å². The van der Waals surface area contributed by atoms with Crippen molar-refractivity contribution in [2.45, 2.75) is 31.7 Å². The number of nitrogens with one attached hydrogen (secondary N) is 1. The molecule has 0 aliphatic carbocycles. The first kappa shape index (κ1) is 18.6. The molecule has 0 bridgehead atoms. The second-order valence-corrected chi connectivity index (χ2v) is 7.28. The number of carbonyl (C=O) groups excluding carboxylic acids is 2. The van der Waals surface area contributed by atoms with Gasteiger partial charge in [-0.1, -0.05) is 62.4 Å². The predicted molar refractivity (Wildman–Crippen MR) is 106 cm³/mol. The molecule has 1 aliphatic heterocycles. The van der Waals surface area contributed by atoms with E-state index in [-0.39, 0.29) is 17.7 Å². The first-order valence-electron chi connectivity index (χ1n) is 8.93. The van der Waals surface area contributed by atoms with Gasteiger partial charge in [0.25, 0.3) is 5.91 Å². The molecule has 0 spiro atoms. The maximum Gasteiger partial charge on any atom is 0.267 e. The maximum atomic E-state index is 12.6. The van der Waals surface area contributed by atoms with Crippen LogP contribution in [0.5, 0.6) is 0 Å². The summed E-state index contributed by atoms with van der Waals surface area (Å²) in [5.41, 5.74) is 7.48. The number of carbonyl (C=O) groups is 2. The molecule has 0 aromatic heterocycles. The highest BCUT2D eigenvalue weighted by atomic mass is 16.2. The fraction of sp³-hybridized carbons (Fsp3) is 0.286. The summed E-state index contributed by atoms with van der Waals surface area (Å²) in [7, 11) is 0. The molecular weight excluding hydrogens is 340 g/mol. The second kappa shape index (κ2) is 7.61. The lowest BCUT2D eigenvalue weighted by Gasteiger charge is -2.25. The molecule has 1 heterocycles. The highest BCUT2D eigenvalue weighted by molar-refractivity contribution is 6.40. The molecule has 6 heteroatoms. The van der Waals surface area contributed by atoms with E-state index in [4.69, 9.17) is 5.73 Å².